The molecule has 0 amide bonds. The van der Waals surface area contributed by atoms with Crippen LogP contribution >= 0.6 is 0 Å². The molecule has 0 saturated carbocycles. The zero-order chi connectivity index (χ0) is 16.0. The fourth-order valence-corrected chi connectivity index (χ4v) is 2.48. The molecule has 0 aliphatic rings. The predicted octanol–water partition coefficient (Wildman–Crippen LogP) is 2.97. The number of hydrogen-bond acceptors (Lipinski definition) is 4. The van der Waals surface area contributed by atoms with Gasteiger partial charge in [-0.05, 0) is 34.4 Å². The van der Waals surface area contributed by atoms with Crippen molar-refractivity contribution in [3.8, 4) is 5.75 Å². The molecule has 0 heterocycles. The lowest BCUT2D eigenvalue weighted by Crippen LogP contribution is -2.40. The zero-order valence-corrected chi connectivity index (χ0v) is 13.8. The second kappa shape index (κ2) is 8.08. The zero-order valence-electron chi connectivity index (χ0n) is 13.8. The van der Waals surface area contributed by atoms with Gasteiger partial charge in [0.2, 0.25) is 0 Å². The van der Waals surface area contributed by atoms with E-state index in [1.165, 1.54) is 6.07 Å². The van der Waals surface area contributed by atoms with E-state index >= 15 is 0 Å². The van der Waals surface area contributed by atoms with Crippen LogP contribution in [0.5, 0.6) is 5.75 Å². The molecular weight excluding hydrogens is 269 g/mol. The van der Waals surface area contributed by atoms with Crippen LogP contribution in [0.1, 0.15) is 27.2 Å². The molecule has 1 atom stereocenters. The molecule has 1 aromatic rings. The van der Waals surface area contributed by atoms with E-state index in [-0.39, 0.29) is 11.8 Å². The van der Waals surface area contributed by atoms with Crippen molar-refractivity contribution in [1.29, 1.82) is 0 Å². The number of nitrogens with zero attached hydrogens (tertiary/aromatic N) is 2. The Bertz CT molecular complexity index is 451. The summed E-state index contributed by atoms with van der Waals surface area (Å²) >= 11 is 0. The molecule has 0 fully saturated rings. The van der Waals surface area contributed by atoms with Gasteiger partial charge in [0.05, 0.1) is 18.0 Å². The molecular formula is C16H28FN3O. The monoisotopic (exact) mass is 297 g/mol. The van der Waals surface area contributed by atoms with E-state index < -0.39 is 5.82 Å². The Kier molecular flexibility index (Phi) is 6.75. The van der Waals surface area contributed by atoms with Crippen LogP contribution in [-0.2, 0) is 0 Å². The molecule has 2 N–H and O–H groups in total. The number of rotatable bonds is 8. The molecule has 0 saturated heterocycles. The van der Waals surface area contributed by atoms with Crippen LogP contribution in [0.25, 0.3) is 0 Å². The maximum absolute atomic E-state index is 13.9. The van der Waals surface area contributed by atoms with Crippen LogP contribution in [0.15, 0.2) is 12.1 Å². The Morgan fingerprint density at radius 3 is 2.48 bits per heavy atom. The van der Waals surface area contributed by atoms with Gasteiger partial charge in [-0.3, -0.25) is 0 Å². The average molecular weight is 297 g/mol. The van der Waals surface area contributed by atoms with E-state index in [9.17, 15) is 4.39 Å². The summed E-state index contributed by atoms with van der Waals surface area (Å²) in [6, 6.07) is 3.35. The van der Waals surface area contributed by atoms with Gasteiger partial charge in [0.15, 0.2) is 11.6 Å². The van der Waals surface area contributed by atoms with E-state index in [1.807, 2.05) is 21.0 Å². The smallest absolute Gasteiger partial charge is 0.167 e. The lowest BCUT2D eigenvalue weighted by atomic mass is 10.1. The van der Waals surface area contributed by atoms with Gasteiger partial charge >= 0.3 is 0 Å². The summed E-state index contributed by atoms with van der Waals surface area (Å²) in [6.07, 6.45) is 0.841. The third-order valence-corrected chi connectivity index (χ3v) is 3.35. The molecule has 5 heteroatoms. The van der Waals surface area contributed by atoms with Crippen molar-refractivity contribution in [2.45, 2.75) is 33.2 Å². The number of benzene rings is 1. The standard InChI is InChI=1S/C16H28FN3O/c1-6-8-21-16-10-15(14(18)9-13(16)17)20(7-2)12(3)11-19(4)5/h9-10,12H,6-8,11,18H2,1-5H3. The highest BCUT2D eigenvalue weighted by Gasteiger charge is 2.18. The van der Waals surface area contributed by atoms with Gasteiger partial charge in [0.25, 0.3) is 0 Å². The Labute approximate surface area is 127 Å². The number of likely N-dealkylation sites (N-methyl/N-ethyl adjacent to an activating group) is 2. The fraction of sp³-hybridized carbons (Fsp3) is 0.625. The van der Waals surface area contributed by atoms with Gasteiger partial charge in [-0.2, -0.15) is 0 Å². The average Bonchev–Trinajstić information content (AvgIpc) is 2.39. The molecule has 0 bridgehead atoms. The summed E-state index contributed by atoms with van der Waals surface area (Å²) < 4.78 is 19.4. The highest BCUT2D eigenvalue weighted by Crippen LogP contribution is 2.32. The van der Waals surface area contributed by atoms with E-state index in [1.54, 1.807) is 6.07 Å². The van der Waals surface area contributed by atoms with Gasteiger partial charge in [0.1, 0.15) is 0 Å². The molecule has 0 aliphatic carbocycles. The largest absolute Gasteiger partial charge is 0.490 e. The predicted molar refractivity (Wildman–Crippen MR) is 87.6 cm³/mol. The quantitative estimate of drug-likeness (QED) is 0.749. The molecule has 0 aliphatic heterocycles. The molecule has 1 rings (SSSR count). The number of nitrogen functional groups attached to an aromatic ring is 1. The minimum Gasteiger partial charge on any atom is -0.490 e. The Morgan fingerprint density at radius 2 is 1.95 bits per heavy atom. The lowest BCUT2D eigenvalue weighted by molar-refractivity contribution is 0.301. The first-order valence-corrected chi connectivity index (χ1v) is 7.53. The molecule has 21 heavy (non-hydrogen) atoms. The Hall–Kier alpha value is -1.49. The van der Waals surface area contributed by atoms with Crippen molar-refractivity contribution in [2.24, 2.45) is 0 Å². The van der Waals surface area contributed by atoms with Crippen LogP contribution in [0.4, 0.5) is 15.8 Å². The van der Waals surface area contributed by atoms with Crippen molar-refractivity contribution in [3.63, 3.8) is 0 Å². The van der Waals surface area contributed by atoms with Gasteiger partial charge in [-0.15, -0.1) is 0 Å². The first-order valence-electron chi connectivity index (χ1n) is 7.53. The van der Waals surface area contributed by atoms with Crippen molar-refractivity contribution in [2.75, 3.05) is 44.4 Å². The van der Waals surface area contributed by atoms with Gasteiger partial charge in [-0.25, -0.2) is 4.39 Å². The summed E-state index contributed by atoms with van der Waals surface area (Å²) in [4.78, 5) is 4.30. The van der Waals surface area contributed by atoms with Gasteiger partial charge in [-0.1, -0.05) is 6.92 Å². The number of halogens is 1. The van der Waals surface area contributed by atoms with Crippen molar-refractivity contribution in [1.82, 2.24) is 4.90 Å². The molecule has 120 valence electrons. The number of ether oxygens (including phenoxy) is 1. The SMILES string of the molecule is CCCOc1cc(N(CC)C(C)CN(C)C)c(N)cc1F. The lowest BCUT2D eigenvalue weighted by Gasteiger charge is -2.33. The molecule has 1 aromatic carbocycles. The van der Waals surface area contributed by atoms with Gasteiger partial charge < -0.3 is 20.3 Å². The summed E-state index contributed by atoms with van der Waals surface area (Å²) in [5.74, 6) is -0.127. The van der Waals surface area contributed by atoms with Crippen LogP contribution < -0.4 is 15.4 Å². The summed E-state index contributed by atoms with van der Waals surface area (Å²) in [5, 5.41) is 0. The third-order valence-electron chi connectivity index (χ3n) is 3.35. The first-order chi connectivity index (χ1) is 9.90. The molecule has 0 spiro atoms. The van der Waals surface area contributed by atoms with Crippen LogP contribution in [-0.4, -0.2) is 44.7 Å². The van der Waals surface area contributed by atoms with E-state index in [0.29, 0.717) is 12.3 Å². The van der Waals surface area contributed by atoms with Crippen molar-refractivity contribution in [3.05, 3.63) is 17.9 Å². The Morgan fingerprint density at radius 1 is 1.29 bits per heavy atom. The van der Waals surface area contributed by atoms with Crippen molar-refractivity contribution >= 4 is 11.4 Å². The minimum absolute atomic E-state index is 0.275. The highest BCUT2D eigenvalue weighted by atomic mass is 19.1. The summed E-state index contributed by atoms with van der Waals surface area (Å²) in [5.41, 5.74) is 7.29. The maximum atomic E-state index is 13.9. The van der Waals surface area contributed by atoms with Crippen LogP contribution in [0.2, 0.25) is 0 Å². The van der Waals surface area contributed by atoms with E-state index in [4.69, 9.17) is 10.5 Å². The summed E-state index contributed by atoms with van der Waals surface area (Å²) in [7, 11) is 4.07. The van der Waals surface area contributed by atoms with Crippen molar-refractivity contribution < 1.29 is 9.13 Å². The minimum atomic E-state index is -0.402. The molecule has 4 nitrogen and oxygen atoms in total. The second-order valence-corrected chi connectivity index (χ2v) is 5.59. The van der Waals surface area contributed by atoms with Crippen LogP contribution in [0, 0.1) is 5.82 Å². The van der Waals surface area contributed by atoms with Crippen LogP contribution in [0.3, 0.4) is 0 Å². The topological polar surface area (TPSA) is 41.7 Å². The fourth-order valence-electron chi connectivity index (χ4n) is 2.48. The maximum Gasteiger partial charge on any atom is 0.167 e. The molecule has 0 radical (unpaired) electrons. The number of anilines is 2. The summed E-state index contributed by atoms with van der Waals surface area (Å²) in [6.45, 7) is 8.40. The Balaban J connectivity index is 3.07. The number of nitrogens with two attached hydrogens (primary N) is 1. The molecule has 0 aromatic heterocycles. The normalized spacial score (nSPS) is 12.5. The number of hydrogen-bond donors (Lipinski definition) is 1. The van der Waals surface area contributed by atoms with Gasteiger partial charge in [0, 0.05) is 31.3 Å². The first kappa shape index (κ1) is 17.6. The second-order valence-electron chi connectivity index (χ2n) is 5.59. The van der Waals surface area contributed by atoms with E-state index in [0.717, 1.165) is 25.2 Å². The highest BCUT2D eigenvalue weighted by molar-refractivity contribution is 5.70. The molecule has 1 unspecified atom stereocenters. The third kappa shape index (κ3) is 4.77. The van der Waals surface area contributed by atoms with E-state index in [2.05, 4.69) is 23.6 Å².